The predicted octanol–water partition coefficient (Wildman–Crippen LogP) is 25.4. The summed E-state index contributed by atoms with van der Waals surface area (Å²) in [6, 6.07) is -0.627. The molecule has 0 aliphatic heterocycles. The highest BCUT2D eigenvalue weighted by Gasteiger charge is 2.18. The third-order valence-electron chi connectivity index (χ3n) is 18.1. The molecule has 0 aliphatic rings. The summed E-state index contributed by atoms with van der Waals surface area (Å²) in [5, 5.41) is 23.2. The second-order valence-corrected chi connectivity index (χ2v) is 26.7. The van der Waals surface area contributed by atoms with Crippen LogP contribution < -0.4 is 5.32 Å². The van der Waals surface area contributed by atoms with E-state index in [4.69, 9.17) is 4.74 Å². The van der Waals surface area contributed by atoms with Gasteiger partial charge in [0.2, 0.25) is 5.91 Å². The lowest BCUT2D eigenvalue weighted by Crippen LogP contribution is -2.45. The summed E-state index contributed by atoms with van der Waals surface area (Å²) in [7, 11) is 0. The van der Waals surface area contributed by atoms with Crippen LogP contribution in [0.25, 0.3) is 0 Å². The highest BCUT2D eigenvalue weighted by molar-refractivity contribution is 5.76. The van der Waals surface area contributed by atoms with Crippen LogP contribution in [0, 0.1) is 0 Å². The lowest BCUT2D eigenvalue weighted by Gasteiger charge is -2.20. The molecule has 0 aromatic heterocycles. The van der Waals surface area contributed by atoms with Gasteiger partial charge < -0.3 is 20.3 Å². The summed E-state index contributed by atoms with van der Waals surface area (Å²) >= 11 is 0. The van der Waals surface area contributed by atoms with Crippen molar-refractivity contribution in [2.75, 3.05) is 13.2 Å². The van der Waals surface area contributed by atoms with Crippen LogP contribution in [0.2, 0.25) is 0 Å². The molecule has 2 atom stereocenters. The number of rotatable bonds is 73. The average Bonchev–Trinajstić information content (AvgIpc) is 3.51. The topological polar surface area (TPSA) is 95.9 Å². The summed E-state index contributed by atoms with van der Waals surface area (Å²) in [6.07, 6.45) is 96.8. The first-order chi connectivity index (χ1) is 42.0. The molecule has 0 fully saturated rings. The molecule has 0 rings (SSSR count). The van der Waals surface area contributed by atoms with Crippen molar-refractivity contribution in [3.8, 4) is 0 Å². The zero-order valence-electron chi connectivity index (χ0n) is 57.6. The zero-order chi connectivity index (χ0) is 61.3. The number of allylic oxidation sites excluding steroid dienone is 5. The van der Waals surface area contributed by atoms with Crippen molar-refractivity contribution in [1.82, 2.24) is 5.32 Å². The SMILES string of the molecule is CCCCCCCC/C=C\CCCCCCCCCCCC(=O)OCCCCCCCCCCCCCC/C=C\CCCCCCCCCCCCCCCCCC(=O)NC(CO)C(O)/C=C/CCCCCCCCCCCCCCCCCC. The molecule has 0 heterocycles. The Kier molecular flexibility index (Phi) is 72.9. The van der Waals surface area contributed by atoms with Crippen LogP contribution in [0.1, 0.15) is 431 Å². The first kappa shape index (κ1) is 83.1. The maximum absolute atomic E-state index is 12.5. The van der Waals surface area contributed by atoms with Crippen molar-refractivity contribution in [3.63, 3.8) is 0 Å². The number of hydrogen-bond donors (Lipinski definition) is 3. The fourth-order valence-electron chi connectivity index (χ4n) is 12.2. The summed E-state index contributed by atoms with van der Waals surface area (Å²) in [6.45, 7) is 4.94. The Balaban J connectivity index is 3.36. The Hall–Kier alpha value is -1.92. The van der Waals surface area contributed by atoms with Gasteiger partial charge in [-0.05, 0) is 83.5 Å². The first-order valence-electron chi connectivity index (χ1n) is 38.8. The van der Waals surface area contributed by atoms with Crippen LogP contribution in [0.3, 0.4) is 0 Å². The Morgan fingerprint density at radius 2 is 0.553 bits per heavy atom. The number of ether oxygens (including phenoxy) is 1. The number of hydrogen-bond acceptors (Lipinski definition) is 5. The molecule has 6 heteroatoms. The number of carbonyl (C=O) groups excluding carboxylic acids is 2. The standard InChI is InChI=1S/C79H151NO5/c1-3-5-7-9-11-13-15-17-19-21-36-41-45-49-53-57-61-65-69-73-79(84)85-74-70-66-62-58-54-50-46-42-38-35-33-31-29-27-25-23-24-26-28-30-32-34-37-40-44-48-52-56-60-64-68-72-78(83)80-76(75-81)77(82)71-67-63-59-55-51-47-43-39-22-20-18-16-14-12-10-8-6-4-2/h17,19,25,27,67,71,76-77,81-82H,3-16,18,20-24,26,28-66,68-70,72-75H2,1-2H3,(H,80,83)/b19-17-,27-25-,71-67+. The van der Waals surface area contributed by atoms with Crippen LogP contribution in [-0.2, 0) is 14.3 Å². The fourth-order valence-corrected chi connectivity index (χ4v) is 12.2. The Morgan fingerprint density at radius 3 is 0.835 bits per heavy atom. The largest absolute Gasteiger partial charge is 0.466 e. The normalized spacial score (nSPS) is 12.7. The van der Waals surface area contributed by atoms with Crippen molar-refractivity contribution < 1.29 is 24.5 Å². The average molecular weight is 1200 g/mol. The number of amides is 1. The maximum atomic E-state index is 12.5. The predicted molar refractivity (Wildman–Crippen MR) is 375 cm³/mol. The smallest absolute Gasteiger partial charge is 0.305 e. The minimum atomic E-state index is -0.844. The van der Waals surface area contributed by atoms with Crippen molar-refractivity contribution in [2.24, 2.45) is 0 Å². The van der Waals surface area contributed by atoms with Crippen LogP contribution in [0.15, 0.2) is 36.5 Å². The van der Waals surface area contributed by atoms with Gasteiger partial charge in [-0.3, -0.25) is 9.59 Å². The van der Waals surface area contributed by atoms with E-state index in [-0.39, 0.29) is 18.5 Å². The van der Waals surface area contributed by atoms with Crippen LogP contribution >= 0.6 is 0 Å². The molecule has 502 valence electrons. The van der Waals surface area contributed by atoms with E-state index in [2.05, 4.69) is 43.5 Å². The van der Waals surface area contributed by atoms with Gasteiger partial charge in [-0.1, -0.05) is 371 Å². The molecule has 1 amide bonds. The summed E-state index contributed by atoms with van der Waals surface area (Å²) < 4.78 is 5.51. The molecule has 2 unspecified atom stereocenters. The highest BCUT2D eigenvalue weighted by Crippen LogP contribution is 2.19. The molecule has 0 saturated carbocycles. The van der Waals surface area contributed by atoms with Crippen molar-refractivity contribution >= 4 is 11.9 Å². The lowest BCUT2D eigenvalue weighted by atomic mass is 10.0. The minimum absolute atomic E-state index is 0.0177. The number of esters is 1. The van der Waals surface area contributed by atoms with Gasteiger partial charge >= 0.3 is 5.97 Å². The van der Waals surface area contributed by atoms with E-state index in [0.717, 1.165) is 38.5 Å². The number of carbonyl (C=O) groups is 2. The fraction of sp³-hybridized carbons (Fsp3) is 0.899. The van der Waals surface area contributed by atoms with Crippen LogP contribution in [0.5, 0.6) is 0 Å². The van der Waals surface area contributed by atoms with Gasteiger partial charge in [0.15, 0.2) is 0 Å². The van der Waals surface area contributed by atoms with E-state index in [1.807, 2.05) is 6.08 Å². The van der Waals surface area contributed by atoms with Crippen LogP contribution in [0.4, 0.5) is 0 Å². The Morgan fingerprint density at radius 1 is 0.318 bits per heavy atom. The van der Waals surface area contributed by atoms with Gasteiger partial charge in [-0.2, -0.15) is 0 Å². The molecule has 0 bridgehead atoms. The zero-order valence-corrected chi connectivity index (χ0v) is 57.6. The third kappa shape index (κ3) is 71.0. The maximum Gasteiger partial charge on any atom is 0.305 e. The molecule has 0 aromatic carbocycles. The van der Waals surface area contributed by atoms with Gasteiger partial charge in [0.05, 0.1) is 25.4 Å². The van der Waals surface area contributed by atoms with E-state index in [9.17, 15) is 19.8 Å². The molecule has 0 aliphatic carbocycles. The molecule has 6 nitrogen and oxygen atoms in total. The Bertz CT molecular complexity index is 1380. The van der Waals surface area contributed by atoms with E-state index < -0.39 is 12.1 Å². The van der Waals surface area contributed by atoms with Crippen molar-refractivity contribution in [3.05, 3.63) is 36.5 Å². The summed E-state index contributed by atoms with van der Waals surface area (Å²) in [5.41, 5.74) is 0. The quantitative estimate of drug-likeness (QED) is 0.0320. The Labute approximate surface area is 532 Å². The molecule has 3 N–H and O–H groups in total. The van der Waals surface area contributed by atoms with E-state index in [1.54, 1.807) is 6.08 Å². The second kappa shape index (κ2) is 74.5. The molecule has 0 saturated heterocycles. The number of aliphatic hydroxyl groups is 2. The molecular weight excluding hydrogens is 1040 g/mol. The van der Waals surface area contributed by atoms with Gasteiger partial charge in [0.25, 0.3) is 0 Å². The van der Waals surface area contributed by atoms with Gasteiger partial charge in [0.1, 0.15) is 0 Å². The molecule has 85 heavy (non-hydrogen) atoms. The molecule has 0 radical (unpaired) electrons. The van der Waals surface area contributed by atoms with Crippen LogP contribution in [-0.4, -0.2) is 47.4 Å². The molecule has 0 spiro atoms. The van der Waals surface area contributed by atoms with Crippen molar-refractivity contribution in [2.45, 2.75) is 443 Å². The first-order valence-corrected chi connectivity index (χ1v) is 38.8. The van der Waals surface area contributed by atoms with Gasteiger partial charge in [0, 0.05) is 12.8 Å². The highest BCUT2D eigenvalue weighted by atomic mass is 16.5. The van der Waals surface area contributed by atoms with Gasteiger partial charge in [-0.15, -0.1) is 0 Å². The summed E-state index contributed by atoms with van der Waals surface area (Å²) in [5.74, 6) is -0.0446. The minimum Gasteiger partial charge on any atom is -0.466 e. The number of unbranched alkanes of at least 4 members (excludes halogenated alkanes) is 58. The van der Waals surface area contributed by atoms with Gasteiger partial charge in [-0.25, -0.2) is 0 Å². The molecule has 0 aromatic rings. The van der Waals surface area contributed by atoms with Crippen molar-refractivity contribution in [1.29, 1.82) is 0 Å². The van der Waals surface area contributed by atoms with E-state index >= 15 is 0 Å². The number of nitrogens with one attached hydrogen (secondary N) is 1. The summed E-state index contributed by atoms with van der Waals surface area (Å²) in [4.78, 5) is 24.6. The molecular formula is C79H151NO5. The van der Waals surface area contributed by atoms with E-state index in [1.165, 1.54) is 366 Å². The third-order valence-corrected chi connectivity index (χ3v) is 18.1. The van der Waals surface area contributed by atoms with E-state index in [0.29, 0.717) is 19.4 Å². The monoisotopic (exact) mass is 1190 g/mol. The lowest BCUT2D eigenvalue weighted by molar-refractivity contribution is -0.143. The number of aliphatic hydroxyl groups excluding tert-OH is 2. The second-order valence-electron chi connectivity index (χ2n) is 26.7.